The first-order valence-electron chi connectivity index (χ1n) is 6.53. The van der Waals surface area contributed by atoms with Gasteiger partial charge in [-0.15, -0.1) is 11.3 Å². The second-order valence-corrected chi connectivity index (χ2v) is 5.36. The quantitative estimate of drug-likeness (QED) is 0.627. The van der Waals surface area contributed by atoms with E-state index in [0.29, 0.717) is 22.5 Å². The van der Waals surface area contributed by atoms with Crippen molar-refractivity contribution in [3.8, 4) is 5.88 Å². The lowest BCUT2D eigenvalue weighted by atomic mass is 10.0. The number of carbonyl (C=O) groups is 1. The monoisotopic (exact) mass is 359 g/mol. The molecule has 0 unspecified atom stereocenters. The Kier molecular flexibility index (Phi) is 5.45. The number of benzene rings is 1. The summed E-state index contributed by atoms with van der Waals surface area (Å²) < 4.78 is 47.6. The van der Waals surface area contributed by atoms with Gasteiger partial charge in [0.25, 0.3) is 0 Å². The van der Waals surface area contributed by atoms with Crippen LogP contribution in [0.15, 0.2) is 35.9 Å². The molecule has 1 N–H and O–H groups in total. The fourth-order valence-corrected chi connectivity index (χ4v) is 2.47. The lowest BCUT2D eigenvalue weighted by Gasteiger charge is -2.10. The number of hydrogen-bond acceptors (Lipinski definition) is 5. The highest BCUT2D eigenvalue weighted by Crippen LogP contribution is 2.33. The minimum absolute atomic E-state index is 0.0917. The first-order chi connectivity index (χ1) is 11.3. The van der Waals surface area contributed by atoms with E-state index in [2.05, 4.69) is 4.98 Å². The molecule has 1 aromatic heterocycles. The number of hydrogen-bond donors (Lipinski definition) is 1. The molecular formula is C15H12F3NO4S. The van der Waals surface area contributed by atoms with Crippen molar-refractivity contribution >= 4 is 22.9 Å². The summed E-state index contributed by atoms with van der Waals surface area (Å²) in [7, 11) is 1.32. The molecule has 0 bridgehead atoms. The summed E-state index contributed by atoms with van der Waals surface area (Å²) in [6.45, 7) is -0.133. The minimum Gasteiger partial charge on any atom is -0.503 e. The topological polar surface area (TPSA) is 68.7 Å². The zero-order chi connectivity index (χ0) is 17.7. The molecule has 0 saturated heterocycles. The van der Waals surface area contributed by atoms with Crippen LogP contribution < -0.4 is 4.74 Å². The first kappa shape index (κ1) is 17.8. The van der Waals surface area contributed by atoms with E-state index in [1.807, 2.05) is 0 Å². The molecule has 128 valence electrons. The Morgan fingerprint density at radius 3 is 2.67 bits per heavy atom. The summed E-state index contributed by atoms with van der Waals surface area (Å²) in [6.07, 6.45) is -3.45. The Bertz CT molecular complexity index is 755. The van der Waals surface area contributed by atoms with Crippen molar-refractivity contribution in [2.45, 2.75) is 12.8 Å². The highest BCUT2D eigenvalue weighted by Gasteiger charge is 2.34. The number of methoxy groups -OCH3 is 1. The highest BCUT2D eigenvalue weighted by molar-refractivity contribution is 7.09. The van der Waals surface area contributed by atoms with Crippen molar-refractivity contribution in [2.24, 2.45) is 0 Å². The van der Waals surface area contributed by atoms with E-state index in [4.69, 9.17) is 9.47 Å². The van der Waals surface area contributed by atoms with Crippen molar-refractivity contribution in [3.05, 3.63) is 52.0 Å². The molecule has 0 aliphatic rings. The Balaban J connectivity index is 2.21. The third kappa shape index (κ3) is 4.25. The molecule has 2 aromatic rings. The van der Waals surface area contributed by atoms with Gasteiger partial charge >= 0.3 is 12.1 Å². The second kappa shape index (κ2) is 7.35. The normalized spacial score (nSPS) is 12.1. The van der Waals surface area contributed by atoms with Gasteiger partial charge in [0.05, 0.1) is 18.8 Å². The lowest BCUT2D eigenvalue weighted by Crippen LogP contribution is -2.07. The maximum absolute atomic E-state index is 12.5. The van der Waals surface area contributed by atoms with Crippen LogP contribution in [0.2, 0.25) is 0 Å². The van der Waals surface area contributed by atoms with Gasteiger partial charge in [-0.2, -0.15) is 18.2 Å². The molecule has 0 fully saturated rings. The van der Waals surface area contributed by atoms with Gasteiger partial charge in [0.1, 0.15) is 12.2 Å². The summed E-state index contributed by atoms with van der Waals surface area (Å²) in [5, 5.41) is 9.38. The fourth-order valence-electron chi connectivity index (χ4n) is 1.86. The van der Waals surface area contributed by atoms with Crippen LogP contribution in [0.3, 0.4) is 0 Å². The van der Waals surface area contributed by atoms with Crippen molar-refractivity contribution in [1.82, 2.24) is 4.98 Å². The van der Waals surface area contributed by atoms with Gasteiger partial charge in [0, 0.05) is 0 Å². The number of ether oxygens (including phenoxy) is 2. The fraction of sp³-hybridized carbons (Fsp3) is 0.200. The number of carboxylic acids is 1. The third-order valence-corrected chi connectivity index (χ3v) is 3.74. The predicted molar refractivity (Wildman–Crippen MR) is 80.5 cm³/mol. The van der Waals surface area contributed by atoms with Crippen LogP contribution in [0.4, 0.5) is 13.2 Å². The molecule has 0 aliphatic heterocycles. The molecule has 5 nitrogen and oxygen atoms in total. The number of aliphatic carboxylic acids is 1. The molecule has 0 amide bonds. The summed E-state index contributed by atoms with van der Waals surface area (Å²) in [5.74, 6) is -1.37. The van der Waals surface area contributed by atoms with Crippen LogP contribution in [0.1, 0.15) is 16.1 Å². The maximum Gasteiger partial charge on any atom is 0.443 e. The van der Waals surface area contributed by atoms with Crippen LogP contribution in [-0.4, -0.2) is 23.2 Å². The number of thiazole rings is 1. The van der Waals surface area contributed by atoms with E-state index in [0.717, 1.165) is 11.6 Å². The number of aromatic nitrogens is 1. The van der Waals surface area contributed by atoms with E-state index in [1.165, 1.54) is 7.11 Å². The molecule has 2 rings (SSSR count). The Morgan fingerprint density at radius 2 is 2.08 bits per heavy atom. The first-order valence-corrected chi connectivity index (χ1v) is 7.41. The van der Waals surface area contributed by atoms with E-state index in [-0.39, 0.29) is 18.1 Å². The number of rotatable bonds is 6. The zero-order valence-electron chi connectivity index (χ0n) is 12.3. The minimum atomic E-state index is -4.53. The van der Waals surface area contributed by atoms with E-state index >= 15 is 0 Å². The number of carboxylic acid groups (broad SMARTS) is 1. The number of nitrogens with zero attached hydrogens (tertiary/aromatic N) is 1. The third-order valence-electron chi connectivity index (χ3n) is 2.87. The van der Waals surface area contributed by atoms with Gasteiger partial charge in [-0.3, -0.25) is 0 Å². The standard InChI is InChI=1S/C15H12F3NO4S/c1-22-7-11(13(20)21)10-5-3-2-4-9(10)6-23-12-8-24-14(19-12)15(16,17)18/h2-5,7-8H,6H2,1H3,(H,20,21). The summed E-state index contributed by atoms with van der Waals surface area (Å²) in [5.41, 5.74) is 0.730. The van der Waals surface area contributed by atoms with Crippen LogP contribution in [0.5, 0.6) is 5.88 Å². The van der Waals surface area contributed by atoms with Crippen LogP contribution in [0, 0.1) is 0 Å². The molecule has 24 heavy (non-hydrogen) atoms. The molecular weight excluding hydrogens is 347 g/mol. The van der Waals surface area contributed by atoms with Crippen molar-refractivity contribution < 1.29 is 32.5 Å². The smallest absolute Gasteiger partial charge is 0.443 e. The number of halogens is 3. The van der Waals surface area contributed by atoms with Gasteiger partial charge in [-0.05, 0) is 11.1 Å². The average molecular weight is 359 g/mol. The summed E-state index contributed by atoms with van der Waals surface area (Å²) in [4.78, 5) is 14.7. The highest BCUT2D eigenvalue weighted by atomic mass is 32.1. The SMILES string of the molecule is COC=C(C(=O)O)c1ccccc1COc1csc(C(F)(F)F)n1. The molecule has 0 saturated carbocycles. The molecule has 0 radical (unpaired) electrons. The van der Waals surface area contributed by atoms with Crippen molar-refractivity contribution in [3.63, 3.8) is 0 Å². The van der Waals surface area contributed by atoms with Crippen molar-refractivity contribution in [1.29, 1.82) is 0 Å². The number of alkyl halides is 3. The van der Waals surface area contributed by atoms with Crippen LogP contribution >= 0.6 is 11.3 Å². The van der Waals surface area contributed by atoms with Gasteiger partial charge in [-0.25, -0.2) is 4.79 Å². The Morgan fingerprint density at radius 1 is 1.38 bits per heavy atom. The average Bonchev–Trinajstić information content (AvgIpc) is 3.00. The molecule has 1 heterocycles. The zero-order valence-corrected chi connectivity index (χ0v) is 13.1. The van der Waals surface area contributed by atoms with Gasteiger partial charge in [-0.1, -0.05) is 24.3 Å². The Labute approximate surface area is 139 Å². The van der Waals surface area contributed by atoms with Gasteiger partial charge < -0.3 is 14.6 Å². The summed E-state index contributed by atoms with van der Waals surface area (Å²) >= 11 is 0.429. The summed E-state index contributed by atoms with van der Waals surface area (Å²) in [6, 6.07) is 6.46. The lowest BCUT2D eigenvalue weighted by molar-refractivity contribution is -0.137. The molecule has 1 aromatic carbocycles. The predicted octanol–water partition coefficient (Wildman–Crippen LogP) is 3.81. The van der Waals surface area contributed by atoms with Gasteiger partial charge in [0.2, 0.25) is 10.9 Å². The Hall–Kier alpha value is -2.55. The van der Waals surface area contributed by atoms with E-state index < -0.39 is 17.2 Å². The molecule has 0 aliphatic carbocycles. The van der Waals surface area contributed by atoms with Crippen LogP contribution in [0.25, 0.3) is 5.57 Å². The van der Waals surface area contributed by atoms with Crippen LogP contribution in [-0.2, 0) is 22.3 Å². The largest absolute Gasteiger partial charge is 0.503 e. The molecule has 0 spiro atoms. The molecule has 0 atom stereocenters. The maximum atomic E-state index is 12.5. The molecule has 9 heteroatoms. The second-order valence-electron chi connectivity index (χ2n) is 4.51. The van der Waals surface area contributed by atoms with Crippen molar-refractivity contribution in [2.75, 3.05) is 7.11 Å². The van der Waals surface area contributed by atoms with Gasteiger partial charge in [0.15, 0.2) is 0 Å². The van der Waals surface area contributed by atoms with E-state index in [1.54, 1.807) is 24.3 Å². The van der Waals surface area contributed by atoms with E-state index in [9.17, 15) is 23.1 Å².